The van der Waals surface area contributed by atoms with Gasteiger partial charge in [0.05, 0.1) is 6.61 Å². The van der Waals surface area contributed by atoms with Gasteiger partial charge in [0.1, 0.15) is 30.6 Å². The number of hydrogen-bond donors (Lipinski definition) is 9. The van der Waals surface area contributed by atoms with Gasteiger partial charge in [0.15, 0.2) is 6.35 Å². The summed E-state index contributed by atoms with van der Waals surface area (Å²) in [6.07, 6.45) is -5.25. The van der Waals surface area contributed by atoms with Crippen molar-refractivity contribution in [3.63, 3.8) is 0 Å². The molecule has 200 valence electrons. The van der Waals surface area contributed by atoms with Gasteiger partial charge in [-0.2, -0.15) is 8.62 Å². The topological polar surface area (TPSA) is 283 Å². The molecule has 4 unspecified atom stereocenters. The Hall–Kier alpha value is -1.08. The van der Waals surface area contributed by atoms with Gasteiger partial charge in [-0.1, -0.05) is 0 Å². The van der Waals surface area contributed by atoms with Crippen molar-refractivity contribution < 1.29 is 71.6 Å². The fourth-order valence-electron chi connectivity index (χ4n) is 3.26. The molecule has 8 atom stereocenters. The fraction of sp³-hybridized carbons (Fsp3) is 0.615. The fourth-order valence-corrected chi connectivity index (χ4v) is 6.28. The van der Waals surface area contributed by atoms with Crippen LogP contribution in [0.4, 0.5) is 5.95 Å². The van der Waals surface area contributed by atoms with E-state index in [0.717, 1.165) is 0 Å². The van der Waals surface area contributed by atoms with Crippen molar-refractivity contribution in [1.82, 2.24) is 14.9 Å². The lowest BCUT2D eigenvalue weighted by molar-refractivity contribution is -0.0249. The normalized spacial score (nSPS) is 33.3. The Labute approximate surface area is 196 Å². The SMILES string of the molecule is Cn1ccnc1N1C=C([C@@H]2O[C@H](COP(=O)(O)OP(=O)(O)OP(=O)(O)O)[C@@H](O)[C@H]2O)C(O)NC1O. The second kappa shape index (κ2) is 10.4. The lowest BCUT2D eigenvalue weighted by Crippen LogP contribution is -2.55. The minimum absolute atomic E-state index is 0.0781. The minimum atomic E-state index is -5.75. The summed E-state index contributed by atoms with van der Waals surface area (Å²) in [4.78, 5) is 41.0. The van der Waals surface area contributed by atoms with Crippen molar-refractivity contribution >= 4 is 29.4 Å². The molecular weight excluding hydrogens is 545 g/mol. The molecule has 0 bridgehead atoms. The number of nitrogens with zero attached hydrogens (tertiary/aromatic N) is 3. The molecule has 1 aromatic rings. The van der Waals surface area contributed by atoms with Gasteiger partial charge in [0.2, 0.25) is 5.95 Å². The summed E-state index contributed by atoms with van der Waals surface area (Å²) < 4.78 is 52.5. The van der Waals surface area contributed by atoms with Crippen LogP contribution in [0, 0.1) is 0 Å². The molecule has 1 fully saturated rings. The minimum Gasteiger partial charge on any atom is -0.387 e. The molecule has 2 aliphatic rings. The van der Waals surface area contributed by atoms with Crippen LogP contribution >= 0.6 is 23.5 Å². The first-order valence-electron chi connectivity index (χ1n) is 9.39. The highest BCUT2D eigenvalue weighted by Crippen LogP contribution is 2.66. The van der Waals surface area contributed by atoms with Gasteiger partial charge in [-0.15, -0.1) is 0 Å². The maximum absolute atomic E-state index is 11.9. The molecule has 0 amide bonds. The number of phosphoric acid groups is 3. The van der Waals surface area contributed by atoms with Crippen molar-refractivity contribution in [2.75, 3.05) is 11.5 Å². The Kier molecular flexibility index (Phi) is 8.43. The van der Waals surface area contributed by atoms with Crippen LogP contribution in [-0.2, 0) is 38.6 Å². The Morgan fingerprint density at radius 3 is 2.29 bits per heavy atom. The van der Waals surface area contributed by atoms with E-state index in [1.54, 1.807) is 13.2 Å². The molecule has 0 spiro atoms. The molecular formula is C13H23N4O15P3. The van der Waals surface area contributed by atoms with Gasteiger partial charge in [0.25, 0.3) is 0 Å². The van der Waals surface area contributed by atoms with E-state index in [1.165, 1.54) is 21.9 Å². The first-order chi connectivity index (χ1) is 16.0. The smallest absolute Gasteiger partial charge is 0.387 e. The van der Waals surface area contributed by atoms with E-state index in [4.69, 9.17) is 19.4 Å². The number of aliphatic hydroxyl groups excluding tert-OH is 4. The Morgan fingerprint density at radius 1 is 1.06 bits per heavy atom. The largest absolute Gasteiger partial charge is 0.490 e. The molecule has 3 heterocycles. The number of hydrogen-bond acceptors (Lipinski definition) is 14. The van der Waals surface area contributed by atoms with Gasteiger partial charge in [-0.3, -0.25) is 9.42 Å². The summed E-state index contributed by atoms with van der Waals surface area (Å²) in [6.45, 7) is -1.03. The number of ether oxygens (including phenoxy) is 1. The van der Waals surface area contributed by atoms with E-state index in [1.807, 2.05) is 0 Å². The van der Waals surface area contributed by atoms with Gasteiger partial charge < -0.3 is 49.3 Å². The molecule has 1 saturated heterocycles. The molecule has 0 saturated carbocycles. The monoisotopic (exact) mass is 568 g/mol. The first-order valence-corrected chi connectivity index (χ1v) is 13.9. The van der Waals surface area contributed by atoms with Crippen LogP contribution in [0.25, 0.3) is 0 Å². The van der Waals surface area contributed by atoms with Crippen molar-refractivity contribution in [3.05, 3.63) is 24.2 Å². The summed E-state index contributed by atoms with van der Waals surface area (Å²) in [5.74, 6) is 0.228. The third kappa shape index (κ3) is 7.03. The molecule has 3 rings (SSSR count). The lowest BCUT2D eigenvalue weighted by atomic mass is 10.00. The quantitative estimate of drug-likeness (QED) is 0.135. The number of aryl methyl sites for hydroxylation is 1. The third-order valence-corrected chi connectivity index (χ3v) is 8.51. The highest BCUT2D eigenvalue weighted by molar-refractivity contribution is 7.66. The average Bonchev–Trinajstić information content (AvgIpc) is 3.22. The molecule has 0 aliphatic carbocycles. The molecule has 19 nitrogen and oxygen atoms in total. The van der Waals surface area contributed by atoms with Gasteiger partial charge in [-0.05, 0) is 0 Å². The molecule has 22 heteroatoms. The first kappa shape index (κ1) is 28.5. The molecule has 0 aromatic carbocycles. The Balaban J connectivity index is 1.71. The standard InChI is InChI=1S/C13H23N4O15P3/c1-16-3-2-14-12(16)17-4-6(11(20)15-13(17)21)10-9(19)8(18)7(30-10)5-29-34(25,26)32-35(27,28)31-33(22,23)24/h2-4,7-11,13,15,18-21H,5H2,1H3,(H,25,26)(H,27,28)(H2,22,23,24)/t7-,8-,9-,10+,11?,13?/m1/s1. The summed E-state index contributed by atoms with van der Waals surface area (Å²) in [7, 11) is -15.2. The number of phosphoric ester groups is 1. The number of nitrogens with one attached hydrogen (secondary N) is 1. The Morgan fingerprint density at radius 2 is 1.71 bits per heavy atom. The zero-order valence-corrected chi connectivity index (χ0v) is 20.2. The number of anilines is 1. The van der Waals surface area contributed by atoms with E-state index in [2.05, 4.69) is 23.4 Å². The van der Waals surface area contributed by atoms with Crippen LogP contribution < -0.4 is 10.2 Å². The maximum Gasteiger partial charge on any atom is 0.490 e. The summed E-state index contributed by atoms with van der Waals surface area (Å²) in [6, 6.07) is 0. The van der Waals surface area contributed by atoms with Gasteiger partial charge in [0, 0.05) is 31.2 Å². The van der Waals surface area contributed by atoms with E-state index in [-0.39, 0.29) is 11.5 Å². The van der Waals surface area contributed by atoms with Crippen LogP contribution in [0.1, 0.15) is 0 Å². The number of imidazole rings is 1. The molecule has 0 radical (unpaired) electrons. The zero-order valence-electron chi connectivity index (χ0n) is 17.5. The van der Waals surface area contributed by atoms with E-state index >= 15 is 0 Å². The molecule has 35 heavy (non-hydrogen) atoms. The van der Waals surface area contributed by atoms with Crippen LogP contribution in [0.5, 0.6) is 0 Å². The van der Waals surface area contributed by atoms with Crippen molar-refractivity contribution in [3.8, 4) is 0 Å². The van der Waals surface area contributed by atoms with Crippen molar-refractivity contribution in [2.45, 2.75) is 37.0 Å². The zero-order chi connectivity index (χ0) is 26.3. The van der Waals surface area contributed by atoms with E-state index < -0.39 is 67.1 Å². The van der Waals surface area contributed by atoms with Crippen LogP contribution in [-0.4, -0.2) is 93.2 Å². The van der Waals surface area contributed by atoms with Crippen LogP contribution in [0.15, 0.2) is 24.2 Å². The summed E-state index contributed by atoms with van der Waals surface area (Å²) >= 11 is 0. The predicted molar refractivity (Wildman–Crippen MR) is 109 cm³/mol. The Bertz CT molecular complexity index is 1090. The van der Waals surface area contributed by atoms with Crippen molar-refractivity contribution in [2.24, 2.45) is 7.05 Å². The molecule has 2 aliphatic heterocycles. The molecule has 9 N–H and O–H groups in total. The second-order valence-corrected chi connectivity index (χ2v) is 11.7. The number of aliphatic hydroxyl groups is 4. The number of rotatable bonds is 9. The third-order valence-electron chi connectivity index (χ3n) is 4.71. The highest BCUT2D eigenvalue weighted by Gasteiger charge is 2.49. The number of aromatic nitrogens is 2. The van der Waals surface area contributed by atoms with Gasteiger partial charge in [-0.25, -0.2) is 24.0 Å². The summed E-state index contributed by atoms with van der Waals surface area (Å²) in [5, 5.41) is 43.6. The van der Waals surface area contributed by atoms with Crippen LogP contribution in [0.2, 0.25) is 0 Å². The average molecular weight is 568 g/mol. The molecule has 1 aromatic heterocycles. The van der Waals surface area contributed by atoms with E-state index in [0.29, 0.717) is 0 Å². The summed E-state index contributed by atoms with van der Waals surface area (Å²) in [5.41, 5.74) is -0.0781. The predicted octanol–water partition coefficient (Wildman–Crippen LogP) is -2.86. The second-order valence-electron chi connectivity index (χ2n) is 7.28. The lowest BCUT2D eigenvalue weighted by Gasteiger charge is -2.36. The maximum atomic E-state index is 11.9. The van der Waals surface area contributed by atoms with Crippen molar-refractivity contribution in [1.29, 1.82) is 0 Å². The highest BCUT2D eigenvalue weighted by atomic mass is 31.3. The van der Waals surface area contributed by atoms with Gasteiger partial charge >= 0.3 is 23.5 Å². The van der Waals surface area contributed by atoms with E-state index in [9.17, 15) is 39.0 Å². The van der Waals surface area contributed by atoms with Crippen LogP contribution in [0.3, 0.4) is 0 Å².